The van der Waals surface area contributed by atoms with E-state index in [1.165, 1.54) is 64.2 Å². The van der Waals surface area contributed by atoms with Gasteiger partial charge in [0.1, 0.15) is 5.69 Å². The van der Waals surface area contributed by atoms with E-state index in [0.29, 0.717) is 28.9 Å². The zero-order valence-electron chi connectivity index (χ0n) is 19.3. The van der Waals surface area contributed by atoms with E-state index in [1.54, 1.807) is 36.4 Å². The van der Waals surface area contributed by atoms with Gasteiger partial charge in [0, 0.05) is 12.7 Å². The fraction of sp³-hybridized carbons (Fsp3) is 0.500. The standard InChI is InChI=1S/C26H35N5O2/c27-21-7-2-3-8-22(21)30-25(33)23-10-9-20(19-29-23)24(32)28-15-6-16-31-17-13-26(14-18-31)11-4-1-5-12-26/h2-3,7-10,19H,1,4-6,11-18,27H2,(H,28,32)(H,30,33). The molecule has 1 aliphatic heterocycles. The van der Waals surface area contributed by atoms with Crippen molar-refractivity contribution in [1.29, 1.82) is 0 Å². The molecule has 1 saturated heterocycles. The quantitative estimate of drug-likeness (QED) is 0.437. The Bertz CT molecular complexity index is 943. The number of rotatable bonds is 7. The molecule has 2 heterocycles. The van der Waals surface area contributed by atoms with Crippen molar-refractivity contribution in [2.24, 2.45) is 5.41 Å². The monoisotopic (exact) mass is 449 g/mol. The lowest BCUT2D eigenvalue weighted by molar-refractivity contribution is 0.0671. The van der Waals surface area contributed by atoms with Crippen LogP contribution in [0.25, 0.3) is 0 Å². The predicted molar refractivity (Wildman–Crippen MR) is 131 cm³/mol. The van der Waals surface area contributed by atoms with Crippen molar-refractivity contribution in [2.45, 2.75) is 51.4 Å². The molecule has 1 aliphatic carbocycles. The maximum atomic E-state index is 12.4. The van der Waals surface area contributed by atoms with Gasteiger partial charge in [-0.05, 0) is 81.4 Å². The molecule has 0 radical (unpaired) electrons. The van der Waals surface area contributed by atoms with Gasteiger partial charge in [0.25, 0.3) is 11.8 Å². The van der Waals surface area contributed by atoms with Crippen LogP contribution in [-0.4, -0.2) is 47.9 Å². The first-order chi connectivity index (χ1) is 16.0. The van der Waals surface area contributed by atoms with Crippen molar-refractivity contribution < 1.29 is 9.59 Å². The van der Waals surface area contributed by atoms with Crippen molar-refractivity contribution in [3.8, 4) is 0 Å². The summed E-state index contributed by atoms with van der Waals surface area (Å²) >= 11 is 0. The third-order valence-electron chi connectivity index (χ3n) is 7.23. The summed E-state index contributed by atoms with van der Waals surface area (Å²) in [5.41, 5.74) is 8.19. The lowest BCUT2D eigenvalue weighted by Crippen LogP contribution is -2.42. The zero-order chi connectivity index (χ0) is 23.1. The molecule has 2 fully saturated rings. The molecule has 4 rings (SSSR count). The molecule has 0 atom stereocenters. The number of aromatic nitrogens is 1. The van der Waals surface area contributed by atoms with Crippen LogP contribution in [0.15, 0.2) is 42.6 Å². The fourth-order valence-corrected chi connectivity index (χ4v) is 5.12. The van der Waals surface area contributed by atoms with Gasteiger partial charge in [0.2, 0.25) is 0 Å². The number of hydrogen-bond donors (Lipinski definition) is 3. The van der Waals surface area contributed by atoms with Gasteiger partial charge < -0.3 is 21.3 Å². The zero-order valence-corrected chi connectivity index (χ0v) is 19.3. The third kappa shape index (κ3) is 6.11. The summed E-state index contributed by atoms with van der Waals surface area (Å²) in [6.45, 7) is 4.04. The molecule has 176 valence electrons. The first kappa shape index (κ1) is 23.2. The number of likely N-dealkylation sites (tertiary alicyclic amines) is 1. The van der Waals surface area contributed by atoms with Crippen LogP contribution in [0.1, 0.15) is 72.2 Å². The molecule has 33 heavy (non-hydrogen) atoms. The number of nitrogens with one attached hydrogen (secondary N) is 2. The number of benzene rings is 1. The SMILES string of the molecule is Nc1ccccc1NC(=O)c1ccc(C(=O)NCCCN2CCC3(CCCCC3)CC2)cn1. The number of carbonyl (C=O) groups is 2. The van der Waals surface area contributed by atoms with E-state index in [4.69, 9.17) is 5.73 Å². The van der Waals surface area contributed by atoms with Crippen LogP contribution >= 0.6 is 0 Å². The Morgan fingerprint density at radius 2 is 1.73 bits per heavy atom. The summed E-state index contributed by atoms with van der Waals surface area (Å²) in [6, 6.07) is 10.2. The Balaban J connectivity index is 1.17. The minimum atomic E-state index is -0.364. The maximum Gasteiger partial charge on any atom is 0.274 e. The van der Waals surface area contributed by atoms with Gasteiger partial charge in [-0.1, -0.05) is 31.4 Å². The number of para-hydroxylation sites is 2. The highest BCUT2D eigenvalue weighted by atomic mass is 16.2. The van der Waals surface area contributed by atoms with Crippen LogP contribution in [0.4, 0.5) is 11.4 Å². The van der Waals surface area contributed by atoms with Crippen molar-refractivity contribution in [2.75, 3.05) is 37.2 Å². The maximum absolute atomic E-state index is 12.4. The van der Waals surface area contributed by atoms with E-state index >= 15 is 0 Å². The lowest BCUT2D eigenvalue weighted by Gasteiger charge is -2.44. The fourth-order valence-electron chi connectivity index (χ4n) is 5.12. The van der Waals surface area contributed by atoms with Crippen LogP contribution in [0.3, 0.4) is 0 Å². The second-order valence-electron chi connectivity index (χ2n) is 9.49. The van der Waals surface area contributed by atoms with Crippen LogP contribution < -0.4 is 16.4 Å². The number of pyridine rings is 1. The Labute approximate surface area is 196 Å². The van der Waals surface area contributed by atoms with Gasteiger partial charge in [0.05, 0.1) is 16.9 Å². The number of anilines is 2. The number of piperidine rings is 1. The van der Waals surface area contributed by atoms with Gasteiger partial charge in [-0.3, -0.25) is 14.6 Å². The summed E-state index contributed by atoms with van der Waals surface area (Å²) in [4.78, 5) is 31.5. The van der Waals surface area contributed by atoms with E-state index in [2.05, 4.69) is 20.5 Å². The number of nitrogens with two attached hydrogens (primary N) is 1. The Morgan fingerprint density at radius 1 is 0.970 bits per heavy atom. The molecule has 1 spiro atoms. The molecule has 2 aliphatic rings. The average Bonchev–Trinajstić information content (AvgIpc) is 2.85. The minimum Gasteiger partial charge on any atom is -0.397 e. The third-order valence-corrected chi connectivity index (χ3v) is 7.23. The van der Waals surface area contributed by atoms with Crippen molar-refractivity contribution in [1.82, 2.24) is 15.2 Å². The molecular weight excluding hydrogens is 414 g/mol. The highest BCUT2D eigenvalue weighted by Gasteiger charge is 2.35. The van der Waals surface area contributed by atoms with Gasteiger partial charge in [-0.2, -0.15) is 0 Å². The molecule has 0 bridgehead atoms. The van der Waals surface area contributed by atoms with Crippen LogP contribution in [-0.2, 0) is 0 Å². The highest BCUT2D eigenvalue weighted by Crippen LogP contribution is 2.44. The highest BCUT2D eigenvalue weighted by molar-refractivity contribution is 6.04. The summed E-state index contributed by atoms with van der Waals surface area (Å²) < 4.78 is 0. The molecular formula is C26H35N5O2. The second-order valence-corrected chi connectivity index (χ2v) is 9.49. The minimum absolute atomic E-state index is 0.165. The summed E-state index contributed by atoms with van der Waals surface area (Å²) in [7, 11) is 0. The van der Waals surface area contributed by atoms with Gasteiger partial charge >= 0.3 is 0 Å². The Hall–Kier alpha value is -2.93. The van der Waals surface area contributed by atoms with Crippen molar-refractivity contribution in [3.05, 3.63) is 53.9 Å². The molecule has 7 nitrogen and oxygen atoms in total. The molecule has 1 saturated carbocycles. The van der Waals surface area contributed by atoms with Crippen molar-refractivity contribution in [3.63, 3.8) is 0 Å². The molecule has 1 aromatic carbocycles. The van der Waals surface area contributed by atoms with E-state index < -0.39 is 0 Å². The number of hydrogen-bond acceptors (Lipinski definition) is 5. The number of amides is 2. The largest absolute Gasteiger partial charge is 0.397 e. The topological polar surface area (TPSA) is 100 Å². The van der Waals surface area contributed by atoms with Crippen LogP contribution in [0.2, 0.25) is 0 Å². The van der Waals surface area contributed by atoms with Gasteiger partial charge in [-0.15, -0.1) is 0 Å². The molecule has 2 aromatic rings. The number of carbonyl (C=O) groups excluding carboxylic acids is 2. The predicted octanol–water partition coefficient (Wildman–Crippen LogP) is 4.08. The molecule has 4 N–H and O–H groups in total. The van der Waals surface area contributed by atoms with Crippen molar-refractivity contribution >= 4 is 23.2 Å². The molecule has 2 amide bonds. The lowest BCUT2D eigenvalue weighted by atomic mass is 9.68. The number of nitrogens with zero attached hydrogens (tertiary/aromatic N) is 2. The molecule has 0 unspecified atom stereocenters. The number of nitrogen functional groups attached to an aromatic ring is 1. The van der Waals surface area contributed by atoms with E-state index in [1.807, 2.05) is 0 Å². The molecule has 7 heteroatoms. The Morgan fingerprint density at radius 3 is 2.42 bits per heavy atom. The summed E-state index contributed by atoms with van der Waals surface area (Å²) in [6.07, 6.45) is 12.1. The normalized spacial score (nSPS) is 18.1. The second kappa shape index (κ2) is 10.8. The average molecular weight is 450 g/mol. The smallest absolute Gasteiger partial charge is 0.274 e. The van der Waals surface area contributed by atoms with Crippen LogP contribution in [0, 0.1) is 5.41 Å². The molecule has 1 aromatic heterocycles. The van der Waals surface area contributed by atoms with E-state index in [9.17, 15) is 9.59 Å². The van der Waals surface area contributed by atoms with Gasteiger partial charge in [0.15, 0.2) is 0 Å². The van der Waals surface area contributed by atoms with Gasteiger partial charge in [-0.25, -0.2) is 0 Å². The summed E-state index contributed by atoms with van der Waals surface area (Å²) in [5, 5.41) is 5.70. The first-order valence-corrected chi connectivity index (χ1v) is 12.2. The van der Waals surface area contributed by atoms with Crippen LogP contribution in [0.5, 0.6) is 0 Å². The summed E-state index contributed by atoms with van der Waals surface area (Å²) in [5.74, 6) is -0.530. The Kier molecular flexibility index (Phi) is 7.60. The first-order valence-electron chi connectivity index (χ1n) is 12.2. The van der Waals surface area contributed by atoms with E-state index in [0.717, 1.165) is 13.0 Å². The van der Waals surface area contributed by atoms with E-state index in [-0.39, 0.29) is 17.5 Å².